The SMILES string of the molecule is O=C(O)c1ccccc1OCCN1CCC(c2cn(Cc3cccs3)c3cc(F)ccc23)CC1. The average molecular weight is 479 g/mol. The molecule has 0 bridgehead atoms. The van der Waals surface area contributed by atoms with Crippen LogP contribution in [0.1, 0.15) is 39.6 Å². The van der Waals surface area contributed by atoms with Crippen LogP contribution in [0.4, 0.5) is 4.39 Å². The number of carboxylic acid groups (broad SMARTS) is 1. The van der Waals surface area contributed by atoms with Gasteiger partial charge in [-0.3, -0.25) is 4.90 Å². The van der Waals surface area contributed by atoms with Crippen molar-refractivity contribution in [3.63, 3.8) is 0 Å². The highest BCUT2D eigenvalue weighted by Crippen LogP contribution is 2.35. The molecule has 7 heteroatoms. The van der Waals surface area contributed by atoms with E-state index in [0.29, 0.717) is 18.3 Å². The number of piperidine rings is 1. The molecule has 0 unspecified atom stereocenters. The number of carboxylic acids is 1. The zero-order valence-corrected chi connectivity index (χ0v) is 19.6. The number of para-hydroxylation sites is 1. The lowest BCUT2D eigenvalue weighted by atomic mass is 9.89. The monoisotopic (exact) mass is 478 g/mol. The number of ether oxygens (including phenoxy) is 1. The number of thiophene rings is 1. The van der Waals surface area contributed by atoms with E-state index in [1.807, 2.05) is 12.1 Å². The van der Waals surface area contributed by atoms with Crippen molar-refractivity contribution < 1.29 is 19.0 Å². The Labute approximate surface area is 202 Å². The van der Waals surface area contributed by atoms with Gasteiger partial charge in [-0.25, -0.2) is 9.18 Å². The molecule has 1 aliphatic rings. The van der Waals surface area contributed by atoms with Crippen LogP contribution >= 0.6 is 11.3 Å². The summed E-state index contributed by atoms with van der Waals surface area (Å²) in [6.07, 6.45) is 4.28. The Bertz CT molecular complexity index is 1280. The summed E-state index contributed by atoms with van der Waals surface area (Å²) in [5.41, 5.74) is 2.45. The predicted octanol–water partition coefficient (Wildman–Crippen LogP) is 5.85. The molecular weight excluding hydrogens is 451 g/mol. The van der Waals surface area contributed by atoms with E-state index in [1.165, 1.54) is 10.4 Å². The Morgan fingerprint density at radius 1 is 1.12 bits per heavy atom. The van der Waals surface area contributed by atoms with Crippen molar-refractivity contribution in [2.24, 2.45) is 0 Å². The first-order valence-corrected chi connectivity index (χ1v) is 12.4. The lowest BCUT2D eigenvalue weighted by molar-refractivity contribution is 0.0691. The van der Waals surface area contributed by atoms with Crippen molar-refractivity contribution >= 4 is 28.2 Å². The lowest BCUT2D eigenvalue weighted by Crippen LogP contribution is -2.35. The highest BCUT2D eigenvalue weighted by Gasteiger charge is 2.24. The summed E-state index contributed by atoms with van der Waals surface area (Å²) in [5, 5.41) is 12.5. The van der Waals surface area contributed by atoms with Crippen molar-refractivity contribution in [3.8, 4) is 5.75 Å². The molecular formula is C27H27FN2O3S. The first-order valence-electron chi connectivity index (χ1n) is 11.6. The third-order valence-corrected chi connectivity index (χ3v) is 7.45. The number of nitrogens with zero attached hydrogens (tertiary/aromatic N) is 2. The quantitative estimate of drug-likeness (QED) is 0.345. The Morgan fingerprint density at radius 3 is 2.71 bits per heavy atom. The normalized spacial score (nSPS) is 15.1. The van der Waals surface area contributed by atoms with E-state index < -0.39 is 5.97 Å². The summed E-state index contributed by atoms with van der Waals surface area (Å²) in [7, 11) is 0. The molecule has 0 amide bonds. The summed E-state index contributed by atoms with van der Waals surface area (Å²) in [4.78, 5) is 15.0. The van der Waals surface area contributed by atoms with Crippen molar-refractivity contribution in [1.82, 2.24) is 9.47 Å². The highest BCUT2D eigenvalue weighted by atomic mass is 32.1. The Balaban J connectivity index is 1.23. The largest absolute Gasteiger partial charge is 0.491 e. The molecule has 0 radical (unpaired) electrons. The number of hydrogen-bond donors (Lipinski definition) is 1. The van der Waals surface area contributed by atoms with Gasteiger partial charge in [-0.15, -0.1) is 11.3 Å². The molecule has 0 aliphatic carbocycles. The Hall–Kier alpha value is -3.16. The summed E-state index contributed by atoms with van der Waals surface area (Å²) in [6.45, 7) is 3.87. The number of aromatic nitrogens is 1. The molecule has 2 aromatic heterocycles. The van der Waals surface area contributed by atoms with Gasteiger partial charge in [0.25, 0.3) is 0 Å². The fraction of sp³-hybridized carbons (Fsp3) is 0.296. The van der Waals surface area contributed by atoms with Crippen molar-refractivity contribution in [2.45, 2.75) is 25.3 Å². The van der Waals surface area contributed by atoms with Crippen LogP contribution < -0.4 is 4.74 Å². The fourth-order valence-corrected chi connectivity index (χ4v) is 5.54. The third-order valence-electron chi connectivity index (χ3n) is 6.59. The maximum atomic E-state index is 14.0. The van der Waals surface area contributed by atoms with E-state index in [9.17, 15) is 14.3 Å². The molecule has 3 heterocycles. The van der Waals surface area contributed by atoms with Gasteiger partial charge in [0, 0.05) is 23.0 Å². The van der Waals surface area contributed by atoms with E-state index in [1.54, 1.807) is 47.7 Å². The minimum atomic E-state index is -0.977. The van der Waals surface area contributed by atoms with Crippen LogP contribution in [0.25, 0.3) is 10.9 Å². The third kappa shape index (κ3) is 4.86. The number of fused-ring (bicyclic) bond motifs is 1. The second kappa shape index (κ2) is 9.99. The molecule has 1 N–H and O–H groups in total. The molecule has 0 spiro atoms. The Kier molecular flexibility index (Phi) is 6.65. The van der Waals surface area contributed by atoms with Crippen LogP contribution in [-0.4, -0.2) is 46.8 Å². The van der Waals surface area contributed by atoms with E-state index in [0.717, 1.165) is 49.9 Å². The number of halogens is 1. The first kappa shape index (κ1) is 22.6. The van der Waals surface area contributed by atoms with Crippen molar-refractivity contribution in [2.75, 3.05) is 26.2 Å². The number of carbonyl (C=O) groups is 1. The number of rotatable bonds is 8. The molecule has 34 heavy (non-hydrogen) atoms. The molecule has 1 aliphatic heterocycles. The molecule has 1 fully saturated rings. The number of aromatic carboxylic acids is 1. The maximum absolute atomic E-state index is 14.0. The topological polar surface area (TPSA) is 54.7 Å². The molecule has 1 saturated heterocycles. The summed E-state index contributed by atoms with van der Waals surface area (Å²) < 4.78 is 22.0. The van der Waals surface area contributed by atoms with Gasteiger partial charge in [0.05, 0.1) is 12.1 Å². The van der Waals surface area contributed by atoms with Gasteiger partial charge in [0.1, 0.15) is 23.7 Å². The highest BCUT2D eigenvalue weighted by molar-refractivity contribution is 7.09. The fourth-order valence-electron chi connectivity index (χ4n) is 4.84. The Morgan fingerprint density at radius 2 is 1.94 bits per heavy atom. The molecule has 0 atom stereocenters. The minimum Gasteiger partial charge on any atom is -0.491 e. The zero-order valence-electron chi connectivity index (χ0n) is 18.8. The van der Waals surface area contributed by atoms with Crippen LogP contribution in [0.15, 0.2) is 66.2 Å². The lowest BCUT2D eigenvalue weighted by Gasteiger charge is -2.31. The van der Waals surface area contributed by atoms with E-state index in [-0.39, 0.29) is 11.4 Å². The van der Waals surface area contributed by atoms with Crippen LogP contribution in [0.2, 0.25) is 0 Å². The molecule has 0 saturated carbocycles. The van der Waals surface area contributed by atoms with Gasteiger partial charge < -0.3 is 14.4 Å². The molecule has 5 rings (SSSR count). The average Bonchev–Trinajstić information content (AvgIpc) is 3.48. The summed E-state index contributed by atoms with van der Waals surface area (Å²) in [5.74, 6) is -0.337. The maximum Gasteiger partial charge on any atom is 0.339 e. The van der Waals surface area contributed by atoms with Crippen LogP contribution in [0, 0.1) is 5.82 Å². The van der Waals surface area contributed by atoms with Gasteiger partial charge in [-0.1, -0.05) is 18.2 Å². The van der Waals surface area contributed by atoms with E-state index in [4.69, 9.17) is 4.74 Å². The van der Waals surface area contributed by atoms with Crippen LogP contribution in [-0.2, 0) is 6.54 Å². The zero-order chi connectivity index (χ0) is 23.5. The van der Waals surface area contributed by atoms with E-state index in [2.05, 4.69) is 27.1 Å². The number of hydrogen-bond acceptors (Lipinski definition) is 4. The minimum absolute atomic E-state index is 0.191. The molecule has 2 aromatic carbocycles. The summed E-state index contributed by atoms with van der Waals surface area (Å²) in [6, 6.07) is 16.0. The van der Waals surface area contributed by atoms with Crippen molar-refractivity contribution in [3.05, 3.63) is 88.0 Å². The molecule has 5 nitrogen and oxygen atoms in total. The molecule has 4 aromatic rings. The first-order chi connectivity index (χ1) is 16.6. The van der Waals surface area contributed by atoms with Crippen LogP contribution in [0.3, 0.4) is 0 Å². The molecule has 176 valence electrons. The standard InChI is InChI=1S/C27H27FN2O3S/c28-20-7-8-22-24(18-30(25(22)16-20)17-21-4-3-15-34-21)19-9-11-29(12-10-19)13-14-33-26-6-2-1-5-23(26)27(31)32/h1-8,15-16,18-19H,9-14,17H2,(H,31,32). The van der Waals surface area contributed by atoms with E-state index >= 15 is 0 Å². The number of likely N-dealkylation sites (tertiary alicyclic amines) is 1. The second-order valence-corrected chi connectivity index (χ2v) is 9.75. The van der Waals surface area contributed by atoms with Crippen molar-refractivity contribution in [1.29, 1.82) is 0 Å². The van der Waals surface area contributed by atoms with Gasteiger partial charge in [0.15, 0.2) is 0 Å². The second-order valence-electron chi connectivity index (χ2n) is 8.72. The number of benzene rings is 2. The van der Waals surface area contributed by atoms with Gasteiger partial charge >= 0.3 is 5.97 Å². The van der Waals surface area contributed by atoms with Gasteiger partial charge in [-0.2, -0.15) is 0 Å². The predicted molar refractivity (Wildman–Crippen MR) is 133 cm³/mol. The van der Waals surface area contributed by atoms with Gasteiger partial charge in [-0.05, 0) is 79.2 Å². The summed E-state index contributed by atoms with van der Waals surface area (Å²) >= 11 is 1.72. The van der Waals surface area contributed by atoms with Gasteiger partial charge in [0.2, 0.25) is 0 Å². The smallest absolute Gasteiger partial charge is 0.339 e. The van der Waals surface area contributed by atoms with Crippen LogP contribution in [0.5, 0.6) is 5.75 Å².